The number of aliphatic hydroxyl groups excluding tert-OH is 3. The molecule has 1 aliphatic rings. The van der Waals surface area contributed by atoms with Crippen LogP contribution in [0.15, 0.2) is 33.5 Å². The van der Waals surface area contributed by atoms with Gasteiger partial charge in [-0.3, -0.25) is 4.79 Å². The first-order chi connectivity index (χ1) is 11.9. The number of aryl methyl sites for hydroxylation is 2. The Morgan fingerprint density at radius 3 is 2.64 bits per heavy atom. The maximum Gasteiger partial charge on any atom is 0.191 e. The Morgan fingerprint density at radius 2 is 1.96 bits per heavy atom. The number of hydrogen-bond acceptors (Lipinski definition) is 7. The van der Waals surface area contributed by atoms with Gasteiger partial charge in [-0.2, -0.15) is 0 Å². The zero-order valence-electron chi connectivity index (χ0n) is 13.7. The van der Waals surface area contributed by atoms with Crippen LogP contribution >= 0.6 is 0 Å². The summed E-state index contributed by atoms with van der Waals surface area (Å²) in [5, 5.41) is 39.2. The Bertz CT molecular complexity index is 827. The molecule has 0 unspecified atom stereocenters. The summed E-state index contributed by atoms with van der Waals surface area (Å²) < 4.78 is 10.6. The summed E-state index contributed by atoms with van der Waals surface area (Å²) in [6.45, 7) is 0. The number of methoxy groups -OCH3 is 1. The normalized spacial score (nSPS) is 22.5. The molecule has 0 saturated carbocycles. The average Bonchev–Trinajstić information content (AvgIpc) is 2.57. The molecular weight excluding hydrogens is 328 g/mol. The zero-order valence-corrected chi connectivity index (χ0v) is 13.7. The summed E-state index contributed by atoms with van der Waals surface area (Å²) >= 11 is 0. The van der Waals surface area contributed by atoms with Crippen molar-refractivity contribution in [1.29, 1.82) is 0 Å². The van der Waals surface area contributed by atoms with Gasteiger partial charge in [0.05, 0.1) is 18.8 Å². The van der Waals surface area contributed by atoms with Crippen LogP contribution in [0.1, 0.15) is 28.8 Å². The second kappa shape index (κ2) is 6.87. The number of fused-ring (bicyclic) bond motifs is 1. The first-order valence-electron chi connectivity index (χ1n) is 7.96. The van der Waals surface area contributed by atoms with Gasteiger partial charge in [-0.25, -0.2) is 0 Å². The lowest BCUT2D eigenvalue weighted by Gasteiger charge is -2.29. The molecular formula is C18H20O7. The van der Waals surface area contributed by atoms with Crippen LogP contribution in [-0.4, -0.2) is 39.7 Å². The smallest absolute Gasteiger partial charge is 0.191 e. The van der Waals surface area contributed by atoms with Gasteiger partial charge in [0.1, 0.15) is 23.7 Å². The van der Waals surface area contributed by atoms with E-state index in [1.54, 1.807) is 18.2 Å². The second-order valence-electron chi connectivity index (χ2n) is 6.13. The van der Waals surface area contributed by atoms with Crippen LogP contribution in [0.3, 0.4) is 0 Å². The number of ether oxygens (including phenoxy) is 1. The third-order valence-corrected chi connectivity index (χ3v) is 4.42. The average molecular weight is 348 g/mol. The monoisotopic (exact) mass is 348 g/mol. The van der Waals surface area contributed by atoms with E-state index in [-0.39, 0.29) is 23.5 Å². The summed E-state index contributed by atoms with van der Waals surface area (Å²) in [5.41, 5.74) is 0.421. The Morgan fingerprint density at radius 1 is 1.20 bits per heavy atom. The van der Waals surface area contributed by atoms with E-state index in [1.807, 2.05) is 0 Å². The Kier molecular flexibility index (Phi) is 4.80. The Balaban J connectivity index is 1.81. The lowest BCUT2D eigenvalue weighted by atomic mass is 9.89. The van der Waals surface area contributed by atoms with Gasteiger partial charge in [-0.05, 0) is 24.1 Å². The molecule has 2 aromatic rings. The van der Waals surface area contributed by atoms with E-state index in [0.29, 0.717) is 24.4 Å². The Labute approximate surface area is 143 Å². The summed E-state index contributed by atoms with van der Waals surface area (Å²) in [5.74, 6) is 1.03. The minimum Gasteiger partial charge on any atom is -0.504 e. The SMILES string of the molecule is COc1ccc(CCc2cc(=O)c3c(o2)C[C@@H](O)[C@@H](O)[C@H]3O)cc1O. The van der Waals surface area contributed by atoms with Gasteiger partial charge in [0.2, 0.25) is 0 Å². The minimum atomic E-state index is -1.46. The van der Waals surface area contributed by atoms with Crippen LogP contribution in [0.5, 0.6) is 11.5 Å². The largest absolute Gasteiger partial charge is 0.504 e. The standard InChI is InChI=1S/C18H20O7/c1-24-14-5-3-9(6-11(14)19)2-4-10-7-12(20)16-15(25-10)8-13(21)17(22)18(16)23/h3,5-7,13,17-19,21-23H,2,4,8H2,1H3/t13-,17-,18+/m1/s1. The number of rotatable bonds is 4. The van der Waals surface area contributed by atoms with Gasteiger partial charge in [0, 0.05) is 18.9 Å². The predicted molar refractivity (Wildman–Crippen MR) is 87.7 cm³/mol. The van der Waals surface area contributed by atoms with Crippen LogP contribution in [-0.2, 0) is 19.3 Å². The van der Waals surface area contributed by atoms with Gasteiger partial charge in [-0.1, -0.05) is 6.07 Å². The number of aromatic hydroxyl groups is 1. The molecule has 0 aliphatic heterocycles. The quantitative estimate of drug-likeness (QED) is 0.633. The van der Waals surface area contributed by atoms with Gasteiger partial charge in [0.15, 0.2) is 16.9 Å². The Hall–Kier alpha value is -2.35. The van der Waals surface area contributed by atoms with E-state index in [0.717, 1.165) is 5.56 Å². The van der Waals surface area contributed by atoms with Crippen LogP contribution in [0, 0.1) is 0 Å². The lowest BCUT2D eigenvalue weighted by Crippen LogP contribution is -2.41. The molecule has 134 valence electrons. The van der Waals surface area contributed by atoms with Crippen molar-refractivity contribution in [2.45, 2.75) is 37.6 Å². The highest BCUT2D eigenvalue weighted by atomic mass is 16.5. The molecule has 1 heterocycles. The maximum absolute atomic E-state index is 12.2. The molecule has 3 atom stereocenters. The zero-order chi connectivity index (χ0) is 18.1. The number of phenols is 1. The van der Waals surface area contributed by atoms with Gasteiger partial charge < -0.3 is 29.6 Å². The van der Waals surface area contributed by atoms with E-state index in [4.69, 9.17) is 9.15 Å². The molecule has 0 radical (unpaired) electrons. The third kappa shape index (κ3) is 3.39. The fraction of sp³-hybridized carbons (Fsp3) is 0.389. The summed E-state index contributed by atoms with van der Waals surface area (Å²) in [4.78, 5) is 12.2. The number of phenolic OH excluding ortho intramolecular Hbond substituents is 1. The molecule has 1 aromatic carbocycles. The highest BCUT2D eigenvalue weighted by Gasteiger charge is 2.36. The third-order valence-electron chi connectivity index (χ3n) is 4.42. The van der Waals surface area contributed by atoms with Crippen molar-refractivity contribution in [3.8, 4) is 11.5 Å². The second-order valence-corrected chi connectivity index (χ2v) is 6.13. The van der Waals surface area contributed by atoms with E-state index in [2.05, 4.69) is 0 Å². The molecule has 0 saturated heterocycles. The van der Waals surface area contributed by atoms with Gasteiger partial charge in [0.25, 0.3) is 0 Å². The first-order valence-corrected chi connectivity index (χ1v) is 7.96. The minimum absolute atomic E-state index is 0.00337. The van der Waals surface area contributed by atoms with Crippen molar-refractivity contribution >= 4 is 0 Å². The van der Waals surface area contributed by atoms with E-state index in [1.165, 1.54) is 13.2 Å². The summed E-state index contributed by atoms with van der Waals surface area (Å²) in [7, 11) is 1.47. The molecule has 0 bridgehead atoms. The number of aliphatic hydroxyl groups is 3. The van der Waals surface area contributed by atoms with Crippen molar-refractivity contribution in [2.24, 2.45) is 0 Å². The molecule has 0 amide bonds. The molecule has 0 spiro atoms. The lowest BCUT2D eigenvalue weighted by molar-refractivity contribution is -0.0732. The fourth-order valence-corrected chi connectivity index (χ4v) is 3.04. The molecule has 1 aliphatic carbocycles. The summed E-state index contributed by atoms with van der Waals surface area (Å²) in [6.07, 6.45) is -3.14. The fourth-order valence-electron chi connectivity index (χ4n) is 3.04. The van der Waals surface area contributed by atoms with E-state index < -0.39 is 23.7 Å². The van der Waals surface area contributed by atoms with Crippen molar-refractivity contribution < 1.29 is 29.6 Å². The molecule has 3 rings (SSSR count). The van der Waals surface area contributed by atoms with Gasteiger partial charge in [-0.15, -0.1) is 0 Å². The van der Waals surface area contributed by atoms with Crippen LogP contribution < -0.4 is 10.2 Å². The molecule has 25 heavy (non-hydrogen) atoms. The highest BCUT2D eigenvalue weighted by Crippen LogP contribution is 2.29. The van der Waals surface area contributed by atoms with Crippen molar-refractivity contribution in [1.82, 2.24) is 0 Å². The molecule has 1 aromatic heterocycles. The maximum atomic E-state index is 12.2. The van der Waals surface area contributed by atoms with E-state index >= 15 is 0 Å². The first kappa shape index (κ1) is 17.5. The molecule has 7 nitrogen and oxygen atoms in total. The van der Waals surface area contributed by atoms with Crippen molar-refractivity contribution in [3.63, 3.8) is 0 Å². The van der Waals surface area contributed by atoms with Crippen molar-refractivity contribution in [2.75, 3.05) is 7.11 Å². The van der Waals surface area contributed by atoms with Crippen LogP contribution in [0.25, 0.3) is 0 Å². The van der Waals surface area contributed by atoms with E-state index in [9.17, 15) is 25.2 Å². The number of benzene rings is 1. The van der Waals surface area contributed by atoms with Crippen LogP contribution in [0.2, 0.25) is 0 Å². The van der Waals surface area contributed by atoms with Crippen LogP contribution in [0.4, 0.5) is 0 Å². The number of hydrogen-bond donors (Lipinski definition) is 4. The predicted octanol–water partition coefficient (Wildman–Crippen LogP) is 0.450. The van der Waals surface area contributed by atoms with Gasteiger partial charge >= 0.3 is 0 Å². The molecule has 7 heteroatoms. The highest BCUT2D eigenvalue weighted by molar-refractivity contribution is 5.41. The molecule has 0 fully saturated rings. The topological polar surface area (TPSA) is 120 Å². The van der Waals surface area contributed by atoms with Crippen molar-refractivity contribution in [3.05, 3.63) is 57.1 Å². The molecule has 4 N–H and O–H groups in total. The summed E-state index contributed by atoms with van der Waals surface area (Å²) in [6, 6.07) is 6.33.